The Hall–Kier alpha value is -4.71. The molecule has 0 fully saturated rings. The number of non-ortho nitro benzene ring substituents is 1. The van der Waals surface area contributed by atoms with E-state index in [1.807, 2.05) is 66.7 Å². The second-order valence-corrected chi connectivity index (χ2v) is 7.14. The summed E-state index contributed by atoms with van der Waals surface area (Å²) in [5.74, 6) is 0.784. The quantitative estimate of drug-likeness (QED) is 0.154. The Morgan fingerprint density at radius 3 is 2.21 bits per heavy atom. The Bertz CT molecular complexity index is 1300. The fourth-order valence-corrected chi connectivity index (χ4v) is 3.26. The van der Waals surface area contributed by atoms with Gasteiger partial charge in [0.25, 0.3) is 11.6 Å². The summed E-state index contributed by atoms with van der Waals surface area (Å²) in [5.41, 5.74) is 2.06. The number of ether oxygens (including phenoxy) is 1. The fraction of sp³-hybridized carbons (Fsp3) is 0. The zero-order valence-corrected chi connectivity index (χ0v) is 17.5. The summed E-state index contributed by atoms with van der Waals surface area (Å²) in [6.45, 7) is 0. The minimum Gasteiger partial charge on any atom is -0.455 e. The Balaban J connectivity index is 1.68. The lowest BCUT2D eigenvalue weighted by molar-refractivity contribution is -0.384. The molecule has 33 heavy (non-hydrogen) atoms. The zero-order chi connectivity index (χ0) is 23.0. The molecule has 0 aliphatic heterocycles. The molecule has 0 bridgehead atoms. The van der Waals surface area contributed by atoms with Crippen molar-refractivity contribution in [3.05, 3.63) is 130 Å². The van der Waals surface area contributed by atoms with Crippen LogP contribution in [0.4, 0.5) is 11.4 Å². The number of amides is 1. The Labute approximate surface area is 190 Å². The Kier molecular flexibility index (Phi) is 6.56. The zero-order valence-electron chi connectivity index (χ0n) is 17.5. The van der Waals surface area contributed by atoms with E-state index in [0.717, 1.165) is 0 Å². The first-order valence-electron chi connectivity index (χ1n) is 10.2. The number of anilines is 1. The molecule has 162 valence electrons. The number of carbonyl (C=O) groups excluding carboxylic acids is 1. The summed E-state index contributed by atoms with van der Waals surface area (Å²) < 4.78 is 5.95. The molecule has 0 radical (unpaired) electrons. The average Bonchev–Trinajstić information content (AvgIpc) is 2.85. The molecule has 0 atom stereocenters. The maximum absolute atomic E-state index is 13.4. The number of benzene rings is 4. The second-order valence-electron chi connectivity index (χ2n) is 7.14. The number of nitro groups is 1. The number of para-hydroxylation sites is 3. The lowest BCUT2D eigenvalue weighted by atomic mass is 10.0. The molecule has 0 aromatic heterocycles. The average molecular weight is 436 g/mol. The van der Waals surface area contributed by atoms with Crippen LogP contribution in [-0.2, 0) is 4.79 Å². The lowest BCUT2D eigenvalue weighted by Gasteiger charge is -2.14. The van der Waals surface area contributed by atoms with Crippen molar-refractivity contribution < 1.29 is 14.5 Å². The molecule has 4 rings (SSSR count). The van der Waals surface area contributed by atoms with Crippen LogP contribution in [0.3, 0.4) is 0 Å². The van der Waals surface area contributed by atoms with Gasteiger partial charge in [-0.3, -0.25) is 14.9 Å². The summed E-state index contributed by atoms with van der Waals surface area (Å²) >= 11 is 0. The third-order valence-electron chi connectivity index (χ3n) is 4.83. The molecule has 0 unspecified atom stereocenters. The molecule has 0 saturated carbocycles. The van der Waals surface area contributed by atoms with Crippen molar-refractivity contribution in [3.8, 4) is 11.5 Å². The van der Waals surface area contributed by atoms with Crippen LogP contribution in [0.15, 0.2) is 109 Å². The van der Waals surface area contributed by atoms with E-state index in [1.54, 1.807) is 36.4 Å². The molecule has 4 aromatic rings. The summed E-state index contributed by atoms with van der Waals surface area (Å²) in [4.78, 5) is 24.1. The molecule has 6 nitrogen and oxygen atoms in total. The van der Waals surface area contributed by atoms with Crippen LogP contribution >= 0.6 is 0 Å². The number of hydrogen-bond acceptors (Lipinski definition) is 4. The molecule has 1 amide bonds. The van der Waals surface area contributed by atoms with Gasteiger partial charge in [0.15, 0.2) is 5.75 Å². The molecule has 0 spiro atoms. The molecule has 0 aliphatic carbocycles. The summed E-state index contributed by atoms with van der Waals surface area (Å²) in [6.07, 6.45) is 1.64. The van der Waals surface area contributed by atoms with E-state index in [2.05, 4.69) is 5.32 Å². The first-order chi connectivity index (χ1) is 16.1. The van der Waals surface area contributed by atoms with Crippen molar-refractivity contribution >= 4 is 28.9 Å². The van der Waals surface area contributed by atoms with Crippen LogP contribution in [0.25, 0.3) is 11.6 Å². The van der Waals surface area contributed by atoms with Gasteiger partial charge in [-0.15, -0.1) is 0 Å². The Morgan fingerprint density at radius 1 is 0.818 bits per heavy atom. The van der Waals surface area contributed by atoms with Crippen molar-refractivity contribution in [1.82, 2.24) is 0 Å². The van der Waals surface area contributed by atoms with Crippen molar-refractivity contribution in [1.29, 1.82) is 0 Å². The van der Waals surface area contributed by atoms with Gasteiger partial charge < -0.3 is 10.1 Å². The SMILES string of the molecule is O=C(Nc1ccccc1Oc1ccccc1)/C(=C/c1cccc([N+](=O)[O-])c1)c1ccccc1. The first-order valence-corrected chi connectivity index (χ1v) is 10.2. The molecule has 4 aromatic carbocycles. The van der Waals surface area contributed by atoms with Crippen LogP contribution in [-0.4, -0.2) is 10.8 Å². The van der Waals surface area contributed by atoms with Crippen LogP contribution in [0.5, 0.6) is 11.5 Å². The van der Waals surface area contributed by atoms with Gasteiger partial charge in [-0.2, -0.15) is 0 Å². The van der Waals surface area contributed by atoms with E-state index < -0.39 is 4.92 Å². The van der Waals surface area contributed by atoms with Gasteiger partial charge in [-0.25, -0.2) is 0 Å². The maximum Gasteiger partial charge on any atom is 0.270 e. The predicted octanol–water partition coefficient (Wildman–Crippen LogP) is 6.57. The minimum absolute atomic E-state index is 0.0434. The third-order valence-corrected chi connectivity index (χ3v) is 4.83. The standard InChI is InChI=1S/C27H20N2O4/c30-27(28-25-16-7-8-17-26(25)33-23-14-5-2-6-15-23)24(21-11-3-1-4-12-21)19-20-10-9-13-22(18-20)29(31)32/h1-19H,(H,28,30)/b24-19+. The highest BCUT2D eigenvalue weighted by Crippen LogP contribution is 2.30. The van der Waals surface area contributed by atoms with Crippen molar-refractivity contribution in [3.63, 3.8) is 0 Å². The van der Waals surface area contributed by atoms with Gasteiger partial charge in [0, 0.05) is 17.7 Å². The van der Waals surface area contributed by atoms with Gasteiger partial charge in [0.2, 0.25) is 0 Å². The van der Waals surface area contributed by atoms with E-state index in [-0.39, 0.29) is 11.6 Å². The number of nitrogens with one attached hydrogen (secondary N) is 1. The number of carbonyl (C=O) groups is 1. The van der Waals surface area contributed by atoms with Crippen molar-refractivity contribution in [2.24, 2.45) is 0 Å². The molecular weight excluding hydrogens is 416 g/mol. The van der Waals surface area contributed by atoms with E-state index in [4.69, 9.17) is 4.74 Å². The van der Waals surface area contributed by atoms with E-state index >= 15 is 0 Å². The number of nitro benzene ring substituents is 1. The van der Waals surface area contributed by atoms with Gasteiger partial charge >= 0.3 is 0 Å². The number of rotatable bonds is 7. The predicted molar refractivity (Wildman–Crippen MR) is 129 cm³/mol. The summed E-state index contributed by atoms with van der Waals surface area (Å²) in [5, 5.41) is 14.1. The summed E-state index contributed by atoms with van der Waals surface area (Å²) in [6, 6.07) is 31.7. The second kappa shape index (κ2) is 10.1. The number of hydrogen-bond donors (Lipinski definition) is 1. The summed E-state index contributed by atoms with van der Waals surface area (Å²) in [7, 11) is 0. The van der Waals surface area contributed by atoms with Crippen LogP contribution in [0.2, 0.25) is 0 Å². The maximum atomic E-state index is 13.4. The Morgan fingerprint density at radius 2 is 1.48 bits per heavy atom. The van der Waals surface area contributed by atoms with Gasteiger partial charge in [0.05, 0.1) is 10.6 Å². The molecule has 0 aliphatic rings. The van der Waals surface area contributed by atoms with Crippen LogP contribution in [0.1, 0.15) is 11.1 Å². The van der Waals surface area contributed by atoms with Crippen LogP contribution < -0.4 is 10.1 Å². The van der Waals surface area contributed by atoms with Gasteiger partial charge in [-0.05, 0) is 41.5 Å². The highest BCUT2D eigenvalue weighted by Gasteiger charge is 2.16. The first kappa shape index (κ1) is 21.5. The topological polar surface area (TPSA) is 81.5 Å². The van der Waals surface area contributed by atoms with Gasteiger partial charge in [0.1, 0.15) is 5.75 Å². The highest BCUT2D eigenvalue weighted by molar-refractivity contribution is 6.29. The number of nitrogens with zero attached hydrogens (tertiary/aromatic N) is 1. The molecule has 1 N–H and O–H groups in total. The lowest BCUT2D eigenvalue weighted by Crippen LogP contribution is -2.14. The van der Waals surface area contributed by atoms with Gasteiger partial charge in [-0.1, -0.05) is 72.8 Å². The monoisotopic (exact) mass is 436 g/mol. The van der Waals surface area contributed by atoms with Crippen molar-refractivity contribution in [2.45, 2.75) is 0 Å². The van der Waals surface area contributed by atoms with Crippen molar-refractivity contribution in [2.75, 3.05) is 5.32 Å². The fourth-order valence-electron chi connectivity index (χ4n) is 3.26. The molecule has 0 saturated heterocycles. The third kappa shape index (κ3) is 5.51. The van der Waals surface area contributed by atoms with E-state index in [9.17, 15) is 14.9 Å². The molecule has 0 heterocycles. The smallest absolute Gasteiger partial charge is 0.270 e. The molecular formula is C27H20N2O4. The molecule has 6 heteroatoms. The normalized spacial score (nSPS) is 11.0. The van der Waals surface area contributed by atoms with E-state index in [1.165, 1.54) is 12.1 Å². The largest absolute Gasteiger partial charge is 0.455 e. The van der Waals surface area contributed by atoms with E-state index in [0.29, 0.717) is 33.9 Å². The highest BCUT2D eigenvalue weighted by atomic mass is 16.6. The van der Waals surface area contributed by atoms with Crippen LogP contribution in [0, 0.1) is 10.1 Å². The minimum atomic E-state index is -0.462.